The molecule has 2 aliphatic rings. The Morgan fingerprint density at radius 1 is 0.586 bits per heavy atom. The first-order valence-electron chi connectivity index (χ1n) is 16.1. The summed E-state index contributed by atoms with van der Waals surface area (Å²) in [5, 5.41) is 23.8. The first-order valence-corrected chi connectivity index (χ1v) is 18.9. The van der Waals surface area contributed by atoms with Gasteiger partial charge in [0.1, 0.15) is 22.9 Å². The van der Waals surface area contributed by atoms with Crippen LogP contribution in [0.5, 0.6) is 11.5 Å². The molecule has 0 aromatic heterocycles. The second-order valence-corrected chi connectivity index (χ2v) is 16.0. The van der Waals surface area contributed by atoms with Gasteiger partial charge in [0.15, 0.2) is 9.49 Å². The molecule has 0 saturated heterocycles. The lowest BCUT2D eigenvalue weighted by Gasteiger charge is -2.42. The summed E-state index contributed by atoms with van der Waals surface area (Å²) >= 11 is 0. The van der Waals surface area contributed by atoms with Gasteiger partial charge in [0, 0.05) is 22.3 Å². The molecule has 6 rings (SSSR count). The van der Waals surface area contributed by atoms with E-state index in [9.17, 15) is 52.3 Å². The molecule has 0 radical (unpaired) electrons. The van der Waals surface area contributed by atoms with Gasteiger partial charge in [-0.15, -0.1) is 26.3 Å². The summed E-state index contributed by atoms with van der Waals surface area (Å²) in [6.07, 6.45) is -11.2. The number of ether oxygens (including phenoxy) is 2. The van der Waals surface area contributed by atoms with Crippen molar-refractivity contribution in [1.82, 2.24) is 0 Å². The van der Waals surface area contributed by atoms with Gasteiger partial charge < -0.3 is 32.6 Å². The van der Waals surface area contributed by atoms with E-state index in [4.69, 9.17) is 34.0 Å². The first-order chi connectivity index (χ1) is 26.9. The fraction of sp³-hybridized carbons (Fsp3) is 0.176. The number of hydrogen-bond donors (Lipinski definition) is 8. The van der Waals surface area contributed by atoms with Crippen molar-refractivity contribution in [3.8, 4) is 22.6 Å². The van der Waals surface area contributed by atoms with E-state index in [2.05, 4.69) is 19.7 Å². The molecule has 0 fully saturated rings. The molecule has 4 aromatic rings. The van der Waals surface area contributed by atoms with E-state index >= 15 is 0 Å². The van der Waals surface area contributed by atoms with E-state index in [0.717, 1.165) is 24.3 Å². The van der Waals surface area contributed by atoms with Crippen LogP contribution in [0.2, 0.25) is 0 Å². The quantitative estimate of drug-likeness (QED) is 0.0574. The van der Waals surface area contributed by atoms with Gasteiger partial charge in [0.2, 0.25) is 0 Å². The largest absolute Gasteiger partial charge is 0.573 e. The molecular formula is C34H28F6N8O8S2. The van der Waals surface area contributed by atoms with Crippen LogP contribution in [0.1, 0.15) is 33.4 Å². The fourth-order valence-corrected chi connectivity index (χ4v) is 10.3. The van der Waals surface area contributed by atoms with Gasteiger partial charge in [-0.3, -0.25) is 19.9 Å². The molecule has 0 bridgehead atoms. The van der Waals surface area contributed by atoms with Crippen molar-refractivity contribution >= 4 is 43.1 Å². The molecule has 0 aliphatic heterocycles. The Morgan fingerprint density at radius 3 is 1.21 bits per heavy atom. The SMILES string of the molecule is N=C1C(=NN)C(N)C(c2ccc(-c3ccc(C4(S(=O)(=O)O)c5ccccc5C(=N)C(=NN)C4N)c(OC(F)(F)F)c3)cc2OC(F)(F)F)(S(=O)(=O)O)c2ccccc21. The number of rotatable bonds is 7. The van der Waals surface area contributed by atoms with Crippen LogP contribution in [0.25, 0.3) is 11.1 Å². The Balaban J connectivity index is 1.68. The highest BCUT2D eigenvalue weighted by Gasteiger charge is 2.61. The molecule has 16 nitrogen and oxygen atoms in total. The number of alkyl halides is 6. The number of nitrogens with two attached hydrogens (primary N) is 4. The van der Waals surface area contributed by atoms with Gasteiger partial charge in [0.25, 0.3) is 20.2 Å². The molecule has 0 saturated carbocycles. The summed E-state index contributed by atoms with van der Waals surface area (Å²) in [6.45, 7) is 0. The highest BCUT2D eigenvalue weighted by atomic mass is 32.2. The summed E-state index contributed by atoms with van der Waals surface area (Å²) in [5.74, 6) is 8.17. The van der Waals surface area contributed by atoms with Crippen molar-refractivity contribution in [3.63, 3.8) is 0 Å². The Bertz CT molecular complexity index is 2510. The molecule has 306 valence electrons. The van der Waals surface area contributed by atoms with E-state index in [1.54, 1.807) is 0 Å². The van der Waals surface area contributed by atoms with E-state index in [1.807, 2.05) is 0 Å². The van der Waals surface area contributed by atoms with Crippen LogP contribution in [-0.4, -0.2) is 73.6 Å². The summed E-state index contributed by atoms with van der Waals surface area (Å²) in [4.78, 5) is 0. The van der Waals surface area contributed by atoms with Crippen molar-refractivity contribution < 1.29 is 61.8 Å². The topological polar surface area (TPSA) is 304 Å². The van der Waals surface area contributed by atoms with Crippen molar-refractivity contribution in [2.24, 2.45) is 33.4 Å². The van der Waals surface area contributed by atoms with E-state index in [-0.39, 0.29) is 11.1 Å². The van der Waals surface area contributed by atoms with Gasteiger partial charge in [0.05, 0.1) is 23.5 Å². The minimum atomic E-state index is -5.71. The van der Waals surface area contributed by atoms with E-state index in [0.29, 0.717) is 24.3 Å². The maximum atomic E-state index is 14.1. The Hall–Kier alpha value is -5.92. The van der Waals surface area contributed by atoms with Gasteiger partial charge in [-0.25, -0.2) is 0 Å². The third-order valence-electron chi connectivity index (χ3n) is 9.81. The lowest BCUT2D eigenvalue weighted by Crippen LogP contribution is -2.61. The predicted octanol–water partition coefficient (Wildman–Crippen LogP) is 3.46. The normalized spacial score (nSPS) is 24.0. The molecule has 0 heterocycles. The van der Waals surface area contributed by atoms with Crippen molar-refractivity contribution in [3.05, 3.63) is 118 Å². The maximum absolute atomic E-state index is 14.1. The van der Waals surface area contributed by atoms with Gasteiger partial charge >= 0.3 is 12.7 Å². The van der Waals surface area contributed by atoms with Crippen LogP contribution in [0, 0.1) is 10.8 Å². The number of hydrogen-bond acceptors (Lipinski definition) is 14. The number of nitrogens with zero attached hydrogens (tertiary/aromatic N) is 2. The number of fused-ring (bicyclic) bond motifs is 2. The minimum absolute atomic E-state index is 0.258. The zero-order valence-electron chi connectivity index (χ0n) is 28.9. The third kappa shape index (κ3) is 6.33. The van der Waals surface area contributed by atoms with E-state index in [1.165, 1.54) is 36.4 Å². The lowest BCUT2D eigenvalue weighted by molar-refractivity contribution is -0.276. The summed E-state index contributed by atoms with van der Waals surface area (Å²) in [5.41, 5.74) is 5.90. The summed E-state index contributed by atoms with van der Waals surface area (Å²) in [7, 11) is -11.4. The number of halogens is 6. The average molecular weight is 855 g/mol. The molecule has 58 heavy (non-hydrogen) atoms. The summed E-state index contributed by atoms with van der Waals surface area (Å²) in [6, 6.07) is 9.68. The Kier molecular flexibility index (Phi) is 9.98. The molecule has 4 atom stereocenters. The average Bonchev–Trinajstić information content (AvgIpc) is 3.11. The third-order valence-corrected chi connectivity index (χ3v) is 12.8. The molecule has 4 unspecified atom stereocenters. The fourth-order valence-electron chi connectivity index (χ4n) is 7.58. The highest BCUT2D eigenvalue weighted by molar-refractivity contribution is 7.87. The molecule has 24 heteroatoms. The van der Waals surface area contributed by atoms with Crippen LogP contribution < -0.4 is 32.6 Å². The van der Waals surface area contributed by atoms with Gasteiger partial charge in [-0.05, 0) is 34.4 Å². The summed E-state index contributed by atoms with van der Waals surface area (Å²) < 4.78 is 163. The molecule has 4 aromatic carbocycles. The van der Waals surface area contributed by atoms with Gasteiger partial charge in [-0.2, -0.15) is 27.0 Å². The molecular weight excluding hydrogens is 827 g/mol. The predicted molar refractivity (Wildman–Crippen MR) is 196 cm³/mol. The van der Waals surface area contributed by atoms with Crippen molar-refractivity contribution in [2.75, 3.05) is 0 Å². The standard InChI is InChI=1S/C34H28F6N8O8S2/c35-33(36,37)55-23-13-15(9-11-21(23)31(57(49,50)51)19-7-3-1-5-17(19)25(41)27(47-45)29(31)43)16-10-12-22(24(14-16)56-34(38,39)40)32(58(52,53)54)20-8-4-2-6-18(20)26(42)28(48-46)30(32)44/h1-14,29-30,41-42H,43-46H2,(H,49,50,51)(H,52,53,54). The van der Waals surface area contributed by atoms with Crippen LogP contribution in [-0.2, 0) is 29.7 Å². The smallest absolute Gasteiger partial charge is 0.405 e. The number of nitrogens with one attached hydrogen (secondary N) is 2. The van der Waals surface area contributed by atoms with Crippen LogP contribution in [0.3, 0.4) is 0 Å². The van der Waals surface area contributed by atoms with E-state index < -0.39 is 122 Å². The second-order valence-electron chi connectivity index (χ2n) is 12.8. The van der Waals surface area contributed by atoms with Crippen molar-refractivity contribution in [1.29, 1.82) is 10.8 Å². The second kappa shape index (κ2) is 13.9. The highest BCUT2D eigenvalue weighted by Crippen LogP contribution is 2.52. The monoisotopic (exact) mass is 854 g/mol. The molecule has 0 spiro atoms. The molecule has 12 N–H and O–H groups in total. The Morgan fingerprint density at radius 2 is 0.914 bits per heavy atom. The van der Waals surface area contributed by atoms with Gasteiger partial charge in [-0.1, -0.05) is 72.8 Å². The van der Waals surface area contributed by atoms with Crippen LogP contribution in [0.15, 0.2) is 95.1 Å². The lowest BCUT2D eigenvalue weighted by atomic mass is 9.72. The molecule has 0 amide bonds. The number of benzene rings is 4. The van der Waals surface area contributed by atoms with Crippen LogP contribution >= 0.6 is 0 Å². The first kappa shape index (κ1) is 41.7. The maximum Gasteiger partial charge on any atom is 0.573 e. The number of hydrazone groups is 2. The molecule has 2 aliphatic carbocycles. The zero-order valence-corrected chi connectivity index (χ0v) is 30.5. The Labute approximate surface area is 323 Å². The van der Waals surface area contributed by atoms with Crippen LogP contribution in [0.4, 0.5) is 26.3 Å². The van der Waals surface area contributed by atoms with Crippen molar-refractivity contribution in [2.45, 2.75) is 34.3 Å². The zero-order chi connectivity index (χ0) is 43.0. The minimum Gasteiger partial charge on any atom is -0.405 e.